The predicted molar refractivity (Wildman–Crippen MR) is 172 cm³/mol. The fraction of sp³-hybridized carbons (Fsp3) is 0.444. The minimum Gasteiger partial charge on any atom is -0.497 e. The summed E-state index contributed by atoms with van der Waals surface area (Å²) in [5.74, 6) is 0.555. The van der Waals surface area contributed by atoms with Crippen LogP contribution in [0.1, 0.15) is 74.0 Å². The van der Waals surface area contributed by atoms with Gasteiger partial charge in [-0.05, 0) is 101 Å². The summed E-state index contributed by atoms with van der Waals surface area (Å²) in [5.41, 5.74) is 2.15. The van der Waals surface area contributed by atoms with Crippen molar-refractivity contribution in [1.82, 2.24) is 9.80 Å². The molecular formula is C36H45N3O5. The minimum absolute atomic E-state index is 0.138. The number of hydrogen-bond donors (Lipinski definition) is 1. The first-order valence-electron chi connectivity index (χ1n) is 15.6. The van der Waals surface area contributed by atoms with Crippen LogP contribution in [0, 0.1) is 0 Å². The Balaban J connectivity index is 1.23. The van der Waals surface area contributed by atoms with Crippen molar-refractivity contribution >= 4 is 17.6 Å². The lowest BCUT2D eigenvalue weighted by Crippen LogP contribution is -2.56. The maximum atomic E-state index is 14.2. The lowest BCUT2D eigenvalue weighted by Gasteiger charge is -2.43. The number of esters is 1. The summed E-state index contributed by atoms with van der Waals surface area (Å²) in [7, 11) is 1.64. The van der Waals surface area contributed by atoms with Crippen LogP contribution >= 0.6 is 0 Å². The van der Waals surface area contributed by atoms with Gasteiger partial charge in [0, 0.05) is 25.3 Å². The van der Waals surface area contributed by atoms with Gasteiger partial charge in [0.15, 0.2) is 0 Å². The number of carbonyl (C=O) groups is 2. The van der Waals surface area contributed by atoms with Gasteiger partial charge >= 0.3 is 5.97 Å². The maximum Gasteiger partial charge on any atom is 0.338 e. The molecule has 8 nitrogen and oxygen atoms in total. The van der Waals surface area contributed by atoms with Crippen LogP contribution in [-0.4, -0.2) is 71.3 Å². The Kier molecular flexibility index (Phi) is 9.61. The van der Waals surface area contributed by atoms with Crippen molar-refractivity contribution < 1.29 is 24.2 Å². The molecule has 3 aromatic carbocycles. The summed E-state index contributed by atoms with van der Waals surface area (Å²) in [5, 5.41) is 10.7. The number of para-hydroxylation sites is 1. The lowest BCUT2D eigenvalue weighted by atomic mass is 9.85. The monoisotopic (exact) mass is 599 g/mol. The average molecular weight is 600 g/mol. The van der Waals surface area contributed by atoms with E-state index in [0.29, 0.717) is 25.2 Å². The molecule has 234 valence electrons. The zero-order valence-corrected chi connectivity index (χ0v) is 26.4. The van der Waals surface area contributed by atoms with E-state index in [4.69, 9.17) is 9.47 Å². The van der Waals surface area contributed by atoms with E-state index in [-0.39, 0.29) is 11.9 Å². The van der Waals surface area contributed by atoms with Gasteiger partial charge in [0.25, 0.3) is 0 Å². The van der Waals surface area contributed by atoms with Gasteiger partial charge in [-0.1, -0.05) is 42.5 Å². The number of methoxy groups -OCH3 is 1. The van der Waals surface area contributed by atoms with Crippen LogP contribution in [0.5, 0.6) is 5.75 Å². The van der Waals surface area contributed by atoms with Crippen molar-refractivity contribution in [1.29, 1.82) is 0 Å². The van der Waals surface area contributed by atoms with Crippen molar-refractivity contribution in [2.75, 3.05) is 38.3 Å². The van der Waals surface area contributed by atoms with Crippen LogP contribution in [0.3, 0.4) is 0 Å². The maximum absolute atomic E-state index is 14.2. The van der Waals surface area contributed by atoms with E-state index in [0.717, 1.165) is 61.5 Å². The number of rotatable bonds is 10. The molecule has 44 heavy (non-hydrogen) atoms. The van der Waals surface area contributed by atoms with Crippen LogP contribution in [0.15, 0.2) is 78.9 Å². The normalized spacial score (nSPS) is 17.6. The van der Waals surface area contributed by atoms with Crippen LogP contribution in [0.4, 0.5) is 5.69 Å². The molecule has 2 fully saturated rings. The molecule has 2 aliphatic heterocycles. The van der Waals surface area contributed by atoms with Crippen molar-refractivity contribution in [2.45, 2.75) is 70.2 Å². The van der Waals surface area contributed by atoms with Crippen LogP contribution in [0.2, 0.25) is 0 Å². The van der Waals surface area contributed by atoms with E-state index < -0.39 is 17.2 Å². The molecule has 0 bridgehead atoms. The second kappa shape index (κ2) is 13.4. The molecule has 1 spiro atoms. The fourth-order valence-electron chi connectivity index (χ4n) is 6.32. The second-order valence-electron chi connectivity index (χ2n) is 12.9. The van der Waals surface area contributed by atoms with Crippen LogP contribution < -0.4 is 9.64 Å². The molecule has 1 atom stereocenters. The molecule has 1 amide bonds. The molecule has 0 aliphatic carbocycles. The van der Waals surface area contributed by atoms with E-state index in [1.165, 1.54) is 0 Å². The molecule has 3 aromatic rings. The van der Waals surface area contributed by atoms with E-state index in [9.17, 15) is 14.7 Å². The Hall–Kier alpha value is -3.88. The van der Waals surface area contributed by atoms with Gasteiger partial charge in [-0.15, -0.1) is 0 Å². The predicted octanol–water partition coefficient (Wildman–Crippen LogP) is 5.81. The zero-order chi connectivity index (χ0) is 31.3. The first-order valence-corrected chi connectivity index (χ1v) is 15.6. The Labute approximate surface area is 261 Å². The van der Waals surface area contributed by atoms with Gasteiger partial charge in [-0.25, -0.2) is 4.79 Å². The molecule has 8 heteroatoms. The van der Waals surface area contributed by atoms with Gasteiger partial charge in [0.2, 0.25) is 5.91 Å². The third-order valence-corrected chi connectivity index (χ3v) is 8.65. The van der Waals surface area contributed by atoms with E-state index in [1.54, 1.807) is 13.2 Å². The first kappa shape index (κ1) is 31.5. The Morgan fingerprint density at radius 3 is 2.34 bits per heavy atom. The third-order valence-electron chi connectivity index (χ3n) is 8.65. The van der Waals surface area contributed by atoms with Gasteiger partial charge in [0.05, 0.1) is 25.4 Å². The van der Waals surface area contributed by atoms with E-state index >= 15 is 0 Å². The average Bonchev–Trinajstić information content (AvgIpc) is 3.28. The summed E-state index contributed by atoms with van der Waals surface area (Å²) in [6, 6.07) is 25.2. The van der Waals surface area contributed by atoms with Gasteiger partial charge < -0.3 is 29.3 Å². The second-order valence-corrected chi connectivity index (χ2v) is 12.9. The van der Waals surface area contributed by atoms with Crippen LogP contribution in [0.25, 0.3) is 0 Å². The number of hydrogen-bond acceptors (Lipinski definition) is 7. The minimum atomic E-state index is -0.608. The topological polar surface area (TPSA) is 82.6 Å². The summed E-state index contributed by atoms with van der Waals surface area (Å²) >= 11 is 0. The summed E-state index contributed by atoms with van der Waals surface area (Å²) in [4.78, 5) is 33.5. The number of aliphatic hydroxyl groups excluding tert-OH is 1. The Morgan fingerprint density at radius 1 is 0.977 bits per heavy atom. The Morgan fingerprint density at radius 2 is 1.68 bits per heavy atom. The zero-order valence-electron chi connectivity index (χ0n) is 26.4. The molecule has 2 aliphatic rings. The first-order chi connectivity index (χ1) is 21.1. The smallest absolute Gasteiger partial charge is 0.338 e. The fourth-order valence-corrected chi connectivity index (χ4v) is 6.32. The molecule has 0 radical (unpaired) electrons. The van der Waals surface area contributed by atoms with Crippen LogP contribution in [-0.2, 0) is 16.1 Å². The number of ether oxygens (including phenoxy) is 2. The van der Waals surface area contributed by atoms with Gasteiger partial charge in [0.1, 0.15) is 16.9 Å². The van der Waals surface area contributed by atoms with Gasteiger partial charge in [-0.3, -0.25) is 4.79 Å². The Bertz CT molecular complexity index is 1410. The number of likely N-dealkylation sites (tertiary alicyclic amines) is 1. The van der Waals surface area contributed by atoms with E-state index in [2.05, 4.69) is 21.9 Å². The number of piperidine rings is 1. The highest BCUT2D eigenvalue weighted by Crippen LogP contribution is 2.40. The molecule has 5 rings (SSSR count). The standard InChI is InChI=1S/C36H45N3O5/c1-35(2,3)44-33(41)29-11-8-10-27(24-29)25-38-26-39(30-12-6-5-7-13-30)36(34(38)42)19-22-37(23-20-36)21-9-14-32(40)28-15-17-31(43-4)18-16-28/h5-8,10-13,15-18,24,32,40H,9,14,19-23,25-26H2,1-4H3. The number of amides is 1. The highest BCUT2D eigenvalue weighted by Gasteiger charge is 2.53. The number of anilines is 1. The summed E-state index contributed by atoms with van der Waals surface area (Å²) < 4.78 is 10.8. The quantitative estimate of drug-likeness (QED) is 0.295. The summed E-state index contributed by atoms with van der Waals surface area (Å²) in [6.45, 7) is 8.99. The highest BCUT2D eigenvalue weighted by atomic mass is 16.6. The SMILES string of the molecule is COc1ccc(C(O)CCCN2CCC3(CC2)C(=O)N(Cc2cccc(C(=O)OC(C)(C)C)c2)CN3c2ccccc2)cc1. The molecule has 1 unspecified atom stereocenters. The number of nitrogens with zero attached hydrogens (tertiary/aromatic N) is 3. The molecular weight excluding hydrogens is 554 g/mol. The lowest BCUT2D eigenvalue weighted by molar-refractivity contribution is -0.134. The number of carbonyl (C=O) groups excluding carboxylic acids is 2. The van der Waals surface area contributed by atoms with Crippen molar-refractivity contribution in [3.05, 3.63) is 95.6 Å². The molecule has 1 N–H and O–H groups in total. The number of benzene rings is 3. The summed E-state index contributed by atoms with van der Waals surface area (Å²) in [6.07, 6.45) is 2.51. The largest absolute Gasteiger partial charge is 0.497 e. The van der Waals surface area contributed by atoms with Crippen molar-refractivity contribution in [2.24, 2.45) is 0 Å². The van der Waals surface area contributed by atoms with Crippen molar-refractivity contribution in [3.63, 3.8) is 0 Å². The molecule has 0 saturated carbocycles. The molecule has 2 saturated heterocycles. The van der Waals surface area contributed by atoms with Crippen molar-refractivity contribution in [3.8, 4) is 5.75 Å². The molecule has 2 heterocycles. The highest BCUT2D eigenvalue weighted by molar-refractivity contribution is 5.94. The van der Waals surface area contributed by atoms with E-state index in [1.807, 2.05) is 86.3 Å². The van der Waals surface area contributed by atoms with Gasteiger partial charge in [-0.2, -0.15) is 0 Å². The number of aliphatic hydroxyl groups is 1. The third kappa shape index (κ3) is 7.25. The molecule has 0 aromatic heterocycles.